The molecule has 0 bridgehead atoms. The number of carbonyl (C=O) groups is 1. The van der Waals surface area contributed by atoms with Crippen LogP contribution in [0.15, 0.2) is 28.7 Å². The second-order valence-electron chi connectivity index (χ2n) is 6.17. The maximum absolute atomic E-state index is 11.6. The standard InChI is InChI=1S/C16H22BrNO3/c1-16(2)8-3-9-18(14(16)15(19)20)10-11-21-13-6-4-12(17)5-7-13/h4-7,14H,3,8-11H2,1-2H3,(H,19,20). The summed E-state index contributed by atoms with van der Waals surface area (Å²) in [6.07, 6.45) is 1.99. The number of aliphatic carboxylic acids is 1. The highest BCUT2D eigenvalue weighted by atomic mass is 79.9. The zero-order chi connectivity index (χ0) is 15.5. The van der Waals surface area contributed by atoms with Crippen molar-refractivity contribution in [2.24, 2.45) is 5.41 Å². The number of halogens is 1. The average molecular weight is 356 g/mol. The Hall–Kier alpha value is -1.07. The molecule has 1 aliphatic heterocycles. The first-order valence-corrected chi connectivity index (χ1v) is 8.05. The highest BCUT2D eigenvalue weighted by molar-refractivity contribution is 9.10. The summed E-state index contributed by atoms with van der Waals surface area (Å²) in [6.45, 7) is 6.03. The van der Waals surface area contributed by atoms with Crippen LogP contribution in [0.1, 0.15) is 26.7 Å². The van der Waals surface area contributed by atoms with Crippen LogP contribution in [-0.2, 0) is 4.79 Å². The number of hydrogen-bond acceptors (Lipinski definition) is 3. The van der Waals surface area contributed by atoms with Gasteiger partial charge in [0.1, 0.15) is 18.4 Å². The number of nitrogens with zero attached hydrogens (tertiary/aromatic N) is 1. The number of piperidine rings is 1. The van der Waals surface area contributed by atoms with Crippen LogP contribution < -0.4 is 4.74 Å². The summed E-state index contributed by atoms with van der Waals surface area (Å²) in [5, 5.41) is 9.50. The predicted octanol–water partition coefficient (Wildman–Crippen LogP) is 3.40. The van der Waals surface area contributed by atoms with Crippen molar-refractivity contribution in [1.82, 2.24) is 4.90 Å². The predicted molar refractivity (Wildman–Crippen MR) is 85.6 cm³/mol. The number of carboxylic acid groups (broad SMARTS) is 1. The Kier molecular flexibility index (Phi) is 5.27. The molecule has 0 amide bonds. The molecule has 0 aromatic heterocycles. The minimum absolute atomic E-state index is 0.193. The zero-order valence-electron chi connectivity index (χ0n) is 12.5. The smallest absolute Gasteiger partial charge is 0.321 e. The summed E-state index contributed by atoms with van der Waals surface area (Å²) in [5.41, 5.74) is -0.193. The van der Waals surface area contributed by atoms with Gasteiger partial charge in [-0.15, -0.1) is 0 Å². The lowest BCUT2D eigenvalue weighted by Crippen LogP contribution is -2.55. The van der Waals surface area contributed by atoms with Gasteiger partial charge < -0.3 is 9.84 Å². The molecule has 1 heterocycles. The number of benzene rings is 1. The molecule has 0 saturated carbocycles. The summed E-state index contributed by atoms with van der Waals surface area (Å²) >= 11 is 3.38. The van der Waals surface area contributed by atoms with E-state index in [-0.39, 0.29) is 5.41 Å². The molecule has 0 spiro atoms. The van der Waals surface area contributed by atoms with Crippen LogP contribution in [0.5, 0.6) is 5.75 Å². The van der Waals surface area contributed by atoms with Crippen molar-refractivity contribution < 1.29 is 14.6 Å². The fraction of sp³-hybridized carbons (Fsp3) is 0.562. The summed E-state index contributed by atoms with van der Waals surface area (Å²) in [7, 11) is 0. The first-order chi connectivity index (χ1) is 9.90. The Morgan fingerprint density at radius 2 is 2.10 bits per heavy atom. The van der Waals surface area contributed by atoms with E-state index in [2.05, 4.69) is 15.9 Å². The third-order valence-electron chi connectivity index (χ3n) is 4.07. The second-order valence-corrected chi connectivity index (χ2v) is 7.09. The third kappa shape index (κ3) is 4.20. The Balaban J connectivity index is 1.91. The van der Waals surface area contributed by atoms with E-state index < -0.39 is 12.0 Å². The largest absolute Gasteiger partial charge is 0.492 e. The summed E-state index contributed by atoms with van der Waals surface area (Å²) in [6, 6.07) is 7.23. The summed E-state index contributed by atoms with van der Waals surface area (Å²) < 4.78 is 6.72. The molecule has 1 fully saturated rings. The molecule has 21 heavy (non-hydrogen) atoms. The summed E-state index contributed by atoms with van der Waals surface area (Å²) in [5.74, 6) is 0.0738. The van der Waals surface area contributed by atoms with E-state index in [0.29, 0.717) is 13.2 Å². The van der Waals surface area contributed by atoms with Crippen molar-refractivity contribution in [2.45, 2.75) is 32.7 Å². The van der Waals surface area contributed by atoms with E-state index in [9.17, 15) is 9.90 Å². The van der Waals surface area contributed by atoms with E-state index in [4.69, 9.17) is 4.74 Å². The molecule has 0 aliphatic carbocycles. The van der Waals surface area contributed by atoms with Crippen LogP contribution in [0.4, 0.5) is 0 Å². The van der Waals surface area contributed by atoms with Crippen LogP contribution in [0, 0.1) is 5.41 Å². The lowest BCUT2D eigenvalue weighted by Gasteiger charge is -2.43. The number of ether oxygens (including phenoxy) is 1. The molecule has 1 atom stereocenters. The Morgan fingerprint density at radius 1 is 1.43 bits per heavy atom. The van der Waals surface area contributed by atoms with Crippen molar-refractivity contribution in [3.63, 3.8) is 0 Å². The SMILES string of the molecule is CC1(C)CCCN(CCOc2ccc(Br)cc2)C1C(=O)O. The first kappa shape index (κ1) is 16.3. The molecule has 1 saturated heterocycles. The van der Waals surface area contributed by atoms with Gasteiger partial charge in [0.05, 0.1) is 0 Å². The van der Waals surface area contributed by atoms with E-state index in [1.165, 1.54) is 0 Å². The number of hydrogen-bond donors (Lipinski definition) is 1. The van der Waals surface area contributed by atoms with Gasteiger partial charge in [-0.1, -0.05) is 29.8 Å². The molecule has 1 aromatic rings. The molecular weight excluding hydrogens is 334 g/mol. The van der Waals surface area contributed by atoms with Gasteiger partial charge in [0, 0.05) is 11.0 Å². The molecule has 1 aliphatic rings. The third-order valence-corrected chi connectivity index (χ3v) is 4.60. The van der Waals surface area contributed by atoms with Crippen LogP contribution in [0.2, 0.25) is 0 Å². The van der Waals surface area contributed by atoms with E-state index in [1.807, 2.05) is 43.0 Å². The fourth-order valence-corrected chi connectivity index (χ4v) is 3.31. The zero-order valence-corrected chi connectivity index (χ0v) is 14.1. The van der Waals surface area contributed by atoms with E-state index >= 15 is 0 Å². The van der Waals surface area contributed by atoms with Gasteiger partial charge in [-0.2, -0.15) is 0 Å². The van der Waals surface area contributed by atoms with E-state index in [1.54, 1.807) is 0 Å². The van der Waals surface area contributed by atoms with Crippen molar-refractivity contribution in [1.29, 1.82) is 0 Å². The summed E-state index contributed by atoms with van der Waals surface area (Å²) in [4.78, 5) is 13.6. The van der Waals surface area contributed by atoms with Gasteiger partial charge in [-0.25, -0.2) is 0 Å². The maximum atomic E-state index is 11.6. The number of likely N-dealkylation sites (tertiary alicyclic amines) is 1. The van der Waals surface area contributed by atoms with Gasteiger partial charge in [-0.3, -0.25) is 9.69 Å². The molecule has 5 heteroatoms. The fourth-order valence-electron chi connectivity index (χ4n) is 3.04. The quantitative estimate of drug-likeness (QED) is 0.879. The molecule has 1 N–H and O–H groups in total. The first-order valence-electron chi connectivity index (χ1n) is 7.25. The topological polar surface area (TPSA) is 49.8 Å². The highest BCUT2D eigenvalue weighted by Gasteiger charge is 2.42. The molecule has 1 unspecified atom stereocenters. The van der Waals surface area contributed by atoms with Crippen LogP contribution in [0.3, 0.4) is 0 Å². The molecule has 116 valence electrons. The van der Waals surface area contributed by atoms with Gasteiger partial charge in [-0.05, 0) is 49.1 Å². The Morgan fingerprint density at radius 3 is 2.71 bits per heavy atom. The minimum atomic E-state index is -0.733. The van der Waals surface area contributed by atoms with Crippen molar-refractivity contribution in [3.8, 4) is 5.75 Å². The van der Waals surface area contributed by atoms with Crippen molar-refractivity contribution in [2.75, 3.05) is 19.7 Å². The maximum Gasteiger partial charge on any atom is 0.321 e. The van der Waals surface area contributed by atoms with Gasteiger partial charge in [0.2, 0.25) is 0 Å². The lowest BCUT2D eigenvalue weighted by molar-refractivity contribution is -0.150. The van der Waals surface area contributed by atoms with Crippen LogP contribution in [0.25, 0.3) is 0 Å². The highest BCUT2D eigenvalue weighted by Crippen LogP contribution is 2.35. The molecular formula is C16H22BrNO3. The molecule has 0 radical (unpaired) electrons. The Bertz CT molecular complexity index is 487. The van der Waals surface area contributed by atoms with Crippen molar-refractivity contribution in [3.05, 3.63) is 28.7 Å². The average Bonchev–Trinajstić information content (AvgIpc) is 2.39. The molecule has 2 rings (SSSR count). The minimum Gasteiger partial charge on any atom is -0.492 e. The monoisotopic (exact) mass is 355 g/mol. The molecule has 4 nitrogen and oxygen atoms in total. The number of carboxylic acids is 1. The molecule has 1 aromatic carbocycles. The lowest BCUT2D eigenvalue weighted by atomic mass is 9.76. The van der Waals surface area contributed by atoms with E-state index in [0.717, 1.165) is 29.6 Å². The van der Waals surface area contributed by atoms with Crippen molar-refractivity contribution >= 4 is 21.9 Å². The van der Waals surface area contributed by atoms with Crippen LogP contribution in [-0.4, -0.2) is 41.7 Å². The van der Waals surface area contributed by atoms with Gasteiger partial charge in [0.15, 0.2) is 0 Å². The van der Waals surface area contributed by atoms with Gasteiger partial charge >= 0.3 is 5.97 Å². The normalized spacial score (nSPS) is 22.0. The Labute approximate surface area is 134 Å². The number of rotatable bonds is 5. The van der Waals surface area contributed by atoms with Crippen LogP contribution >= 0.6 is 15.9 Å². The second kappa shape index (κ2) is 6.79. The van der Waals surface area contributed by atoms with Gasteiger partial charge in [0.25, 0.3) is 0 Å².